The van der Waals surface area contributed by atoms with E-state index < -0.39 is 5.97 Å². The Morgan fingerprint density at radius 1 is 1.50 bits per heavy atom. The first-order valence-corrected chi connectivity index (χ1v) is 6.36. The highest BCUT2D eigenvalue weighted by atomic mass is 32.1. The van der Waals surface area contributed by atoms with E-state index in [1.165, 1.54) is 11.3 Å². The predicted octanol–water partition coefficient (Wildman–Crippen LogP) is 3.00. The Hall–Kier alpha value is -1.88. The van der Waals surface area contributed by atoms with E-state index in [1.807, 2.05) is 6.92 Å². The van der Waals surface area contributed by atoms with E-state index in [2.05, 4.69) is 4.98 Å². The molecule has 4 nitrogen and oxygen atoms in total. The van der Waals surface area contributed by atoms with Gasteiger partial charge in [-0.2, -0.15) is 0 Å². The zero-order valence-electron chi connectivity index (χ0n) is 10.1. The summed E-state index contributed by atoms with van der Waals surface area (Å²) in [6, 6.07) is 5.12. The van der Waals surface area contributed by atoms with Crippen LogP contribution in [0.2, 0.25) is 0 Å². The number of aromatic hydroxyl groups is 1. The highest BCUT2D eigenvalue weighted by Gasteiger charge is 2.10. The quantitative estimate of drug-likeness (QED) is 0.865. The van der Waals surface area contributed by atoms with Gasteiger partial charge < -0.3 is 9.84 Å². The lowest BCUT2D eigenvalue weighted by Gasteiger charge is -2.01. The molecule has 0 aromatic carbocycles. The lowest BCUT2D eigenvalue weighted by Crippen LogP contribution is -2.06. The monoisotopic (exact) mass is 263 g/mol. The lowest BCUT2D eigenvalue weighted by atomic mass is 10.2. The van der Waals surface area contributed by atoms with Crippen molar-refractivity contribution in [2.75, 3.05) is 6.61 Å². The summed E-state index contributed by atoms with van der Waals surface area (Å²) in [5.74, 6) is -0.140. The number of thiophene rings is 1. The van der Waals surface area contributed by atoms with Gasteiger partial charge >= 0.3 is 5.97 Å². The minimum absolute atomic E-state index is 0.282. The number of rotatable bonds is 3. The fourth-order valence-electron chi connectivity index (χ4n) is 1.48. The van der Waals surface area contributed by atoms with E-state index in [-0.39, 0.29) is 11.4 Å². The molecule has 0 aliphatic carbocycles. The number of carbonyl (C=O) groups excluding carboxylic acids is 1. The third-order valence-corrected chi connectivity index (χ3v) is 3.51. The number of aromatic nitrogens is 1. The molecule has 0 radical (unpaired) electrons. The molecule has 94 valence electrons. The van der Waals surface area contributed by atoms with Crippen LogP contribution in [0.1, 0.15) is 22.3 Å². The Morgan fingerprint density at radius 3 is 2.78 bits per heavy atom. The molecule has 0 aliphatic heterocycles. The van der Waals surface area contributed by atoms with Crippen molar-refractivity contribution in [3.05, 3.63) is 35.0 Å². The molecule has 0 bridgehead atoms. The smallest absolute Gasteiger partial charge is 0.356 e. The van der Waals surface area contributed by atoms with Gasteiger partial charge in [-0.05, 0) is 32.0 Å². The normalized spacial score (nSPS) is 10.3. The number of aryl methyl sites for hydroxylation is 1. The first-order valence-electron chi connectivity index (χ1n) is 5.54. The van der Waals surface area contributed by atoms with Crippen LogP contribution in [0.15, 0.2) is 24.4 Å². The molecule has 18 heavy (non-hydrogen) atoms. The first kappa shape index (κ1) is 12.6. The van der Waals surface area contributed by atoms with Gasteiger partial charge in [-0.1, -0.05) is 0 Å². The summed E-state index contributed by atoms with van der Waals surface area (Å²) in [6.07, 6.45) is 1.61. The van der Waals surface area contributed by atoms with Gasteiger partial charge in [0.2, 0.25) is 0 Å². The molecule has 2 heterocycles. The SMILES string of the molecule is CCOC(=O)c1ccc(-c2cc(O)c(C)s2)cn1. The molecule has 2 aromatic heterocycles. The number of ether oxygens (including phenoxy) is 1. The van der Waals surface area contributed by atoms with Crippen LogP contribution in [0.25, 0.3) is 10.4 Å². The van der Waals surface area contributed by atoms with E-state index in [1.54, 1.807) is 31.3 Å². The maximum Gasteiger partial charge on any atom is 0.356 e. The third kappa shape index (κ3) is 2.51. The van der Waals surface area contributed by atoms with Crippen molar-refractivity contribution in [2.45, 2.75) is 13.8 Å². The van der Waals surface area contributed by atoms with Crippen molar-refractivity contribution in [3.63, 3.8) is 0 Å². The molecule has 0 fully saturated rings. The van der Waals surface area contributed by atoms with Gasteiger partial charge in [0.25, 0.3) is 0 Å². The van der Waals surface area contributed by atoms with E-state index in [0.717, 1.165) is 15.3 Å². The largest absolute Gasteiger partial charge is 0.507 e. The van der Waals surface area contributed by atoms with Gasteiger partial charge in [-0.3, -0.25) is 0 Å². The van der Waals surface area contributed by atoms with Crippen molar-refractivity contribution < 1.29 is 14.6 Å². The molecule has 5 heteroatoms. The summed E-state index contributed by atoms with van der Waals surface area (Å²) in [7, 11) is 0. The van der Waals surface area contributed by atoms with Crippen LogP contribution >= 0.6 is 11.3 Å². The van der Waals surface area contributed by atoms with E-state index >= 15 is 0 Å². The molecule has 0 amide bonds. The number of carbonyl (C=O) groups is 1. The van der Waals surface area contributed by atoms with E-state index in [4.69, 9.17) is 4.74 Å². The number of nitrogens with zero attached hydrogens (tertiary/aromatic N) is 1. The Kier molecular flexibility index (Phi) is 3.62. The summed E-state index contributed by atoms with van der Waals surface area (Å²) in [4.78, 5) is 17.3. The van der Waals surface area contributed by atoms with Crippen LogP contribution in [-0.2, 0) is 4.74 Å². The van der Waals surface area contributed by atoms with Gasteiger partial charge in [0.05, 0.1) is 6.61 Å². The Morgan fingerprint density at radius 2 is 2.28 bits per heavy atom. The van der Waals surface area contributed by atoms with Gasteiger partial charge in [-0.15, -0.1) is 11.3 Å². The van der Waals surface area contributed by atoms with Crippen molar-refractivity contribution in [3.8, 4) is 16.2 Å². The minimum atomic E-state index is -0.422. The van der Waals surface area contributed by atoms with E-state index in [9.17, 15) is 9.90 Å². The van der Waals surface area contributed by atoms with Gasteiger partial charge in [0, 0.05) is 21.5 Å². The third-order valence-electron chi connectivity index (χ3n) is 2.42. The predicted molar refractivity (Wildman–Crippen MR) is 69.9 cm³/mol. The molecule has 2 rings (SSSR count). The van der Waals surface area contributed by atoms with Crippen LogP contribution in [0.5, 0.6) is 5.75 Å². The summed E-state index contributed by atoms with van der Waals surface area (Å²) in [6.45, 7) is 3.94. The molecule has 1 N–H and O–H groups in total. The second-order valence-electron chi connectivity index (χ2n) is 3.70. The van der Waals surface area contributed by atoms with Crippen molar-refractivity contribution in [2.24, 2.45) is 0 Å². The number of pyridine rings is 1. The van der Waals surface area contributed by atoms with E-state index in [0.29, 0.717) is 6.61 Å². The molecule has 0 atom stereocenters. The van der Waals surface area contributed by atoms with Crippen LogP contribution in [0.3, 0.4) is 0 Å². The summed E-state index contributed by atoms with van der Waals surface area (Å²) in [5.41, 5.74) is 1.16. The second kappa shape index (κ2) is 5.18. The van der Waals surface area contributed by atoms with Crippen molar-refractivity contribution in [1.82, 2.24) is 4.98 Å². The average molecular weight is 263 g/mol. The summed E-state index contributed by atoms with van der Waals surface area (Å²) in [5, 5.41) is 9.53. The molecule has 0 spiro atoms. The van der Waals surface area contributed by atoms with Crippen molar-refractivity contribution >= 4 is 17.3 Å². The highest BCUT2D eigenvalue weighted by molar-refractivity contribution is 7.15. The lowest BCUT2D eigenvalue weighted by molar-refractivity contribution is 0.0519. The van der Waals surface area contributed by atoms with Crippen molar-refractivity contribution in [1.29, 1.82) is 0 Å². The number of hydrogen-bond acceptors (Lipinski definition) is 5. The fraction of sp³-hybridized carbons (Fsp3) is 0.231. The van der Waals surface area contributed by atoms with Crippen LogP contribution < -0.4 is 0 Å². The molecular formula is C13H13NO3S. The maximum atomic E-state index is 11.4. The molecule has 0 unspecified atom stereocenters. The molecule has 0 aliphatic rings. The summed E-state index contributed by atoms with van der Waals surface area (Å²) >= 11 is 1.49. The fourth-order valence-corrected chi connectivity index (χ4v) is 2.38. The van der Waals surface area contributed by atoms with Crippen LogP contribution in [0, 0.1) is 6.92 Å². The average Bonchev–Trinajstić information content (AvgIpc) is 2.70. The zero-order chi connectivity index (χ0) is 13.1. The first-order chi connectivity index (χ1) is 8.61. The van der Waals surface area contributed by atoms with Crippen LogP contribution in [0.4, 0.5) is 0 Å². The molecule has 0 saturated heterocycles. The Balaban J connectivity index is 2.24. The topological polar surface area (TPSA) is 59.4 Å². The summed E-state index contributed by atoms with van der Waals surface area (Å²) < 4.78 is 4.86. The van der Waals surface area contributed by atoms with Gasteiger partial charge in [0.1, 0.15) is 11.4 Å². The zero-order valence-corrected chi connectivity index (χ0v) is 11.0. The van der Waals surface area contributed by atoms with Gasteiger partial charge in [-0.25, -0.2) is 9.78 Å². The molecular weight excluding hydrogens is 250 g/mol. The van der Waals surface area contributed by atoms with Gasteiger partial charge in [0.15, 0.2) is 0 Å². The highest BCUT2D eigenvalue weighted by Crippen LogP contribution is 2.34. The Labute approximate surface area is 109 Å². The molecule has 0 saturated carbocycles. The number of esters is 1. The standard InChI is InChI=1S/C13H13NO3S/c1-3-17-13(16)10-5-4-9(7-14-10)12-6-11(15)8(2)18-12/h4-7,15H,3H2,1-2H3. The number of hydrogen-bond donors (Lipinski definition) is 1. The van der Waals surface area contributed by atoms with Crippen LogP contribution in [-0.4, -0.2) is 22.7 Å². The minimum Gasteiger partial charge on any atom is -0.507 e. The second-order valence-corrected chi connectivity index (χ2v) is 4.96. The Bertz CT molecular complexity index is 541. The maximum absolute atomic E-state index is 11.4. The molecule has 2 aromatic rings.